The van der Waals surface area contributed by atoms with Crippen LogP contribution < -0.4 is 4.74 Å². The number of hydrogen-bond donors (Lipinski definition) is 1. The largest absolute Gasteiger partial charge is 0.496 e. The van der Waals surface area contributed by atoms with Crippen molar-refractivity contribution in [2.75, 3.05) is 33.8 Å². The lowest BCUT2D eigenvalue weighted by Gasteiger charge is -2.32. The second kappa shape index (κ2) is 8.00. The molecule has 1 aliphatic heterocycles. The van der Waals surface area contributed by atoms with Crippen LogP contribution in [0, 0.1) is 12.8 Å². The summed E-state index contributed by atoms with van der Waals surface area (Å²) in [6, 6.07) is 5.15. The van der Waals surface area contributed by atoms with Gasteiger partial charge in [-0.05, 0) is 37.5 Å². The molecule has 25 heavy (non-hydrogen) atoms. The Morgan fingerprint density at radius 3 is 2.72 bits per heavy atom. The topological polar surface area (TPSA) is 87.2 Å². The minimum Gasteiger partial charge on any atom is -0.496 e. The highest BCUT2D eigenvalue weighted by molar-refractivity contribution is 5.96. The molecule has 1 atom stereocenters. The number of carbonyl (C=O) groups excluding carboxylic acids is 2. The molecular weight excluding hydrogens is 324 g/mol. The van der Waals surface area contributed by atoms with Crippen molar-refractivity contribution in [2.45, 2.75) is 19.8 Å². The number of carboxylic acid groups (broad SMARTS) is 1. The standard InChI is InChI=1S/C18H24N2O5/c1-12-6-7-13(9-15(12)25-3)17(22)19(2)11-16(21)20-8-4-5-14(10-20)18(23)24/h6-7,9,14H,4-5,8,10-11H2,1-3H3,(H,23,24). The fourth-order valence-electron chi connectivity index (χ4n) is 2.95. The van der Waals surface area contributed by atoms with E-state index < -0.39 is 11.9 Å². The van der Waals surface area contributed by atoms with Crippen LogP contribution in [-0.2, 0) is 9.59 Å². The summed E-state index contributed by atoms with van der Waals surface area (Å²) in [4.78, 5) is 38.9. The Balaban J connectivity index is 2.00. The van der Waals surface area contributed by atoms with Gasteiger partial charge in [-0.15, -0.1) is 0 Å². The van der Waals surface area contributed by atoms with E-state index in [0.29, 0.717) is 30.7 Å². The number of likely N-dealkylation sites (N-methyl/N-ethyl adjacent to an activating group) is 1. The van der Waals surface area contributed by atoms with Crippen LogP contribution >= 0.6 is 0 Å². The van der Waals surface area contributed by atoms with Crippen molar-refractivity contribution in [3.8, 4) is 5.75 Å². The van der Waals surface area contributed by atoms with E-state index in [-0.39, 0.29) is 24.9 Å². The molecule has 1 aliphatic rings. The van der Waals surface area contributed by atoms with Gasteiger partial charge in [-0.3, -0.25) is 14.4 Å². The summed E-state index contributed by atoms with van der Waals surface area (Å²) >= 11 is 0. The van der Waals surface area contributed by atoms with E-state index in [9.17, 15) is 14.4 Å². The lowest BCUT2D eigenvalue weighted by atomic mass is 9.98. The SMILES string of the molecule is COc1cc(C(=O)N(C)CC(=O)N2CCCC(C(=O)O)C2)ccc1C. The molecule has 0 bridgehead atoms. The monoisotopic (exact) mass is 348 g/mol. The molecule has 2 rings (SSSR count). The number of benzene rings is 1. The van der Waals surface area contributed by atoms with Gasteiger partial charge in [-0.25, -0.2) is 0 Å². The first-order chi connectivity index (χ1) is 11.8. The zero-order valence-corrected chi connectivity index (χ0v) is 14.8. The van der Waals surface area contributed by atoms with Crippen molar-refractivity contribution < 1.29 is 24.2 Å². The summed E-state index contributed by atoms with van der Waals surface area (Å²) in [7, 11) is 3.10. The smallest absolute Gasteiger partial charge is 0.308 e. The molecule has 1 aromatic rings. The number of methoxy groups -OCH3 is 1. The van der Waals surface area contributed by atoms with Crippen LogP contribution in [0.25, 0.3) is 0 Å². The Kier molecular flexibility index (Phi) is 6.01. The second-order valence-electron chi connectivity index (χ2n) is 6.36. The van der Waals surface area contributed by atoms with Gasteiger partial charge in [0.2, 0.25) is 5.91 Å². The molecule has 0 spiro atoms. The average Bonchev–Trinajstić information content (AvgIpc) is 2.61. The van der Waals surface area contributed by atoms with Crippen LogP contribution in [0.1, 0.15) is 28.8 Å². The van der Waals surface area contributed by atoms with Gasteiger partial charge in [0.25, 0.3) is 5.91 Å². The molecule has 0 aromatic heterocycles. The fourth-order valence-corrected chi connectivity index (χ4v) is 2.95. The first kappa shape index (κ1) is 18.8. The van der Waals surface area contributed by atoms with Crippen LogP contribution in [-0.4, -0.2) is 66.5 Å². The number of nitrogens with zero attached hydrogens (tertiary/aromatic N) is 2. The molecule has 0 radical (unpaired) electrons. The number of carboxylic acids is 1. The minimum absolute atomic E-state index is 0.0820. The van der Waals surface area contributed by atoms with Crippen LogP contribution in [0.4, 0.5) is 0 Å². The third kappa shape index (κ3) is 4.49. The van der Waals surface area contributed by atoms with Gasteiger partial charge in [-0.1, -0.05) is 6.07 Å². The molecule has 7 nitrogen and oxygen atoms in total. The number of aliphatic carboxylic acids is 1. The molecule has 1 fully saturated rings. The normalized spacial score (nSPS) is 17.1. The maximum absolute atomic E-state index is 12.5. The highest BCUT2D eigenvalue weighted by atomic mass is 16.5. The molecule has 2 amide bonds. The van der Waals surface area contributed by atoms with E-state index >= 15 is 0 Å². The predicted molar refractivity (Wildman–Crippen MR) is 91.6 cm³/mol. The van der Waals surface area contributed by atoms with Gasteiger partial charge in [-0.2, -0.15) is 0 Å². The summed E-state index contributed by atoms with van der Waals surface area (Å²) in [5.41, 5.74) is 1.37. The lowest BCUT2D eigenvalue weighted by molar-refractivity contribution is -0.145. The quantitative estimate of drug-likeness (QED) is 0.869. The zero-order chi connectivity index (χ0) is 18.6. The molecule has 7 heteroatoms. The molecule has 0 aliphatic carbocycles. The number of amides is 2. The van der Waals surface area contributed by atoms with E-state index in [1.54, 1.807) is 32.4 Å². The van der Waals surface area contributed by atoms with Gasteiger partial charge >= 0.3 is 5.97 Å². The van der Waals surface area contributed by atoms with Gasteiger partial charge in [0.05, 0.1) is 19.6 Å². The Hall–Kier alpha value is -2.57. The number of ether oxygens (including phenoxy) is 1. The van der Waals surface area contributed by atoms with Crippen molar-refractivity contribution in [1.29, 1.82) is 0 Å². The first-order valence-electron chi connectivity index (χ1n) is 8.24. The van der Waals surface area contributed by atoms with Crippen LogP contribution in [0.15, 0.2) is 18.2 Å². The van der Waals surface area contributed by atoms with Crippen LogP contribution in [0.2, 0.25) is 0 Å². The molecule has 1 N–H and O–H groups in total. The highest BCUT2D eigenvalue weighted by Crippen LogP contribution is 2.20. The molecule has 0 saturated carbocycles. The van der Waals surface area contributed by atoms with Crippen LogP contribution in [0.5, 0.6) is 5.75 Å². The summed E-state index contributed by atoms with van der Waals surface area (Å²) in [5, 5.41) is 9.11. The van der Waals surface area contributed by atoms with Gasteiger partial charge in [0, 0.05) is 25.7 Å². The third-order valence-corrected chi connectivity index (χ3v) is 4.50. The van der Waals surface area contributed by atoms with Crippen molar-refractivity contribution in [3.63, 3.8) is 0 Å². The molecule has 1 aromatic carbocycles. The van der Waals surface area contributed by atoms with Gasteiger partial charge in [0.1, 0.15) is 5.75 Å². The van der Waals surface area contributed by atoms with Crippen LogP contribution in [0.3, 0.4) is 0 Å². The van der Waals surface area contributed by atoms with Gasteiger partial charge in [0.15, 0.2) is 0 Å². The summed E-state index contributed by atoms with van der Waals surface area (Å²) in [5.74, 6) is -1.31. The Labute approximate surface area is 147 Å². The molecular formula is C18H24N2O5. The van der Waals surface area contributed by atoms with Crippen molar-refractivity contribution in [3.05, 3.63) is 29.3 Å². The number of hydrogen-bond acceptors (Lipinski definition) is 4. The van der Waals surface area contributed by atoms with E-state index in [2.05, 4.69) is 0 Å². The summed E-state index contributed by atoms with van der Waals surface area (Å²) in [6.07, 6.45) is 1.24. The third-order valence-electron chi connectivity index (χ3n) is 4.50. The van der Waals surface area contributed by atoms with E-state index in [1.165, 1.54) is 9.80 Å². The first-order valence-corrected chi connectivity index (χ1v) is 8.24. The van der Waals surface area contributed by atoms with Crippen molar-refractivity contribution >= 4 is 17.8 Å². The Bertz CT molecular complexity index is 673. The number of piperidine rings is 1. The zero-order valence-electron chi connectivity index (χ0n) is 14.8. The lowest BCUT2D eigenvalue weighted by Crippen LogP contribution is -2.46. The van der Waals surface area contributed by atoms with E-state index in [1.807, 2.05) is 6.92 Å². The predicted octanol–water partition coefficient (Wildman–Crippen LogP) is 1.40. The van der Waals surface area contributed by atoms with Gasteiger partial charge < -0.3 is 19.6 Å². The maximum atomic E-state index is 12.5. The summed E-state index contributed by atoms with van der Waals surface area (Å²) < 4.78 is 5.22. The number of likely N-dealkylation sites (tertiary alicyclic amines) is 1. The summed E-state index contributed by atoms with van der Waals surface area (Å²) in [6.45, 7) is 2.54. The maximum Gasteiger partial charge on any atom is 0.308 e. The molecule has 1 saturated heterocycles. The molecule has 1 unspecified atom stereocenters. The molecule has 136 valence electrons. The van der Waals surface area contributed by atoms with E-state index in [4.69, 9.17) is 9.84 Å². The Morgan fingerprint density at radius 2 is 2.08 bits per heavy atom. The van der Waals surface area contributed by atoms with E-state index in [0.717, 1.165) is 5.56 Å². The average molecular weight is 348 g/mol. The van der Waals surface area contributed by atoms with Crippen molar-refractivity contribution in [2.24, 2.45) is 5.92 Å². The highest BCUT2D eigenvalue weighted by Gasteiger charge is 2.29. The Morgan fingerprint density at radius 1 is 1.36 bits per heavy atom. The second-order valence-corrected chi connectivity index (χ2v) is 6.36. The minimum atomic E-state index is -0.881. The number of aryl methyl sites for hydroxylation is 1. The number of carbonyl (C=O) groups is 3. The van der Waals surface area contributed by atoms with Crippen molar-refractivity contribution in [1.82, 2.24) is 9.80 Å². The number of rotatable bonds is 5. The fraction of sp³-hybridized carbons (Fsp3) is 0.500. The molecule has 1 heterocycles.